The minimum atomic E-state index is 0.0904. The number of hydrogen-bond donors (Lipinski definition) is 0. The molecule has 3 aromatic rings. The predicted molar refractivity (Wildman–Crippen MR) is 71.4 cm³/mol. The Bertz CT molecular complexity index is 687. The quantitative estimate of drug-likeness (QED) is 0.568. The summed E-state index contributed by atoms with van der Waals surface area (Å²) in [4.78, 5) is 4.78. The van der Waals surface area contributed by atoms with Crippen LogP contribution in [-0.4, -0.2) is 9.38 Å². The van der Waals surface area contributed by atoms with Crippen molar-refractivity contribution in [2.24, 2.45) is 0 Å². The Balaban J connectivity index is 2.39. The summed E-state index contributed by atoms with van der Waals surface area (Å²) in [6.07, 6.45) is 4.21. The molecule has 0 saturated heterocycles. The van der Waals surface area contributed by atoms with Gasteiger partial charge in [0.15, 0.2) is 0 Å². The van der Waals surface area contributed by atoms with Crippen LogP contribution in [0.3, 0.4) is 0 Å². The third-order valence-corrected chi connectivity index (χ3v) is 3.12. The third kappa shape index (κ3) is 1.60. The molecule has 2 aromatic heterocycles. The highest BCUT2D eigenvalue weighted by Gasteiger charge is 2.18. The van der Waals surface area contributed by atoms with E-state index < -0.39 is 0 Å². The minimum absolute atomic E-state index is 0.0904. The fraction of sp³-hybridized carbons (Fsp3) is 0.267. The van der Waals surface area contributed by atoms with Gasteiger partial charge in [0.1, 0.15) is 5.65 Å². The minimum Gasteiger partial charge on any atom is -0.306 e. The highest BCUT2D eigenvalue weighted by atomic mass is 15.0. The first kappa shape index (κ1) is 10.3. The summed E-state index contributed by atoms with van der Waals surface area (Å²) in [6, 6.07) is 10.5. The van der Waals surface area contributed by atoms with Crippen molar-refractivity contribution < 1.29 is 0 Å². The van der Waals surface area contributed by atoms with Gasteiger partial charge in [0.05, 0.1) is 5.69 Å². The van der Waals surface area contributed by atoms with Gasteiger partial charge in [0, 0.05) is 23.2 Å². The second-order valence-corrected chi connectivity index (χ2v) is 5.51. The van der Waals surface area contributed by atoms with Gasteiger partial charge in [-0.1, -0.05) is 45.0 Å². The largest absolute Gasteiger partial charge is 0.306 e. The molecule has 1 aromatic carbocycles. The first-order valence-electron chi connectivity index (χ1n) is 5.93. The Hall–Kier alpha value is -1.83. The molecule has 2 nitrogen and oxygen atoms in total. The molecule has 0 bridgehead atoms. The molecule has 0 amide bonds. The third-order valence-electron chi connectivity index (χ3n) is 3.12. The summed E-state index contributed by atoms with van der Waals surface area (Å²) in [7, 11) is 0. The lowest BCUT2D eigenvalue weighted by molar-refractivity contribution is 0.573. The van der Waals surface area contributed by atoms with E-state index in [1.165, 1.54) is 10.8 Å². The number of benzene rings is 1. The SMILES string of the molecule is CC(C)(C)c1cn2ccc3ccccc3c2n1. The van der Waals surface area contributed by atoms with E-state index in [0.717, 1.165) is 11.3 Å². The molecular formula is C15H16N2. The van der Waals surface area contributed by atoms with Crippen molar-refractivity contribution in [2.45, 2.75) is 26.2 Å². The molecule has 2 heteroatoms. The summed E-state index contributed by atoms with van der Waals surface area (Å²) < 4.78 is 2.11. The number of imidazole rings is 1. The number of rotatable bonds is 0. The van der Waals surface area contributed by atoms with E-state index in [-0.39, 0.29) is 5.41 Å². The molecule has 0 radical (unpaired) electrons. The zero-order chi connectivity index (χ0) is 12.0. The monoisotopic (exact) mass is 224 g/mol. The van der Waals surface area contributed by atoms with Crippen molar-refractivity contribution >= 4 is 16.4 Å². The maximum Gasteiger partial charge on any atom is 0.144 e. The van der Waals surface area contributed by atoms with E-state index in [4.69, 9.17) is 4.98 Å². The van der Waals surface area contributed by atoms with Crippen LogP contribution in [0.15, 0.2) is 42.7 Å². The fourth-order valence-electron chi connectivity index (χ4n) is 2.07. The fourth-order valence-corrected chi connectivity index (χ4v) is 2.07. The Morgan fingerprint density at radius 1 is 1.06 bits per heavy atom. The summed E-state index contributed by atoms with van der Waals surface area (Å²) in [5.41, 5.74) is 2.27. The second kappa shape index (κ2) is 3.33. The van der Waals surface area contributed by atoms with E-state index in [2.05, 4.69) is 67.9 Å². The number of aromatic nitrogens is 2. The van der Waals surface area contributed by atoms with Gasteiger partial charge in [-0.15, -0.1) is 0 Å². The molecule has 0 spiro atoms. The zero-order valence-electron chi connectivity index (χ0n) is 10.4. The predicted octanol–water partition coefficient (Wildman–Crippen LogP) is 3.79. The molecule has 0 aliphatic carbocycles. The van der Waals surface area contributed by atoms with Crippen LogP contribution in [0.1, 0.15) is 26.5 Å². The highest BCUT2D eigenvalue weighted by molar-refractivity contribution is 5.93. The Morgan fingerprint density at radius 3 is 2.59 bits per heavy atom. The van der Waals surface area contributed by atoms with Crippen molar-refractivity contribution in [2.75, 3.05) is 0 Å². The van der Waals surface area contributed by atoms with E-state index in [9.17, 15) is 0 Å². The highest BCUT2D eigenvalue weighted by Crippen LogP contribution is 2.25. The lowest BCUT2D eigenvalue weighted by Gasteiger charge is -2.13. The Kier molecular flexibility index (Phi) is 2.02. The standard InChI is InChI=1S/C15H16N2/c1-15(2,3)13-10-17-9-8-11-6-4-5-7-12(11)14(17)16-13/h4-10H,1-3H3. The first-order chi connectivity index (χ1) is 8.05. The molecular weight excluding hydrogens is 208 g/mol. The average molecular weight is 224 g/mol. The summed E-state index contributed by atoms with van der Waals surface area (Å²) in [5.74, 6) is 0. The van der Waals surface area contributed by atoms with Crippen LogP contribution >= 0.6 is 0 Å². The van der Waals surface area contributed by atoms with Gasteiger partial charge in [-0.25, -0.2) is 4.98 Å². The number of pyridine rings is 1. The molecule has 0 fully saturated rings. The lowest BCUT2D eigenvalue weighted by Crippen LogP contribution is -2.11. The van der Waals surface area contributed by atoms with Gasteiger partial charge in [0.25, 0.3) is 0 Å². The van der Waals surface area contributed by atoms with Crippen molar-refractivity contribution in [1.29, 1.82) is 0 Å². The molecule has 0 N–H and O–H groups in total. The van der Waals surface area contributed by atoms with Gasteiger partial charge in [-0.3, -0.25) is 0 Å². The number of nitrogens with zero attached hydrogens (tertiary/aromatic N) is 2. The van der Waals surface area contributed by atoms with E-state index in [1.54, 1.807) is 0 Å². The van der Waals surface area contributed by atoms with Gasteiger partial charge in [-0.05, 0) is 11.5 Å². The smallest absolute Gasteiger partial charge is 0.144 e. The van der Waals surface area contributed by atoms with Crippen molar-refractivity contribution in [3.63, 3.8) is 0 Å². The molecule has 2 heterocycles. The van der Waals surface area contributed by atoms with Crippen LogP contribution in [0.4, 0.5) is 0 Å². The van der Waals surface area contributed by atoms with Gasteiger partial charge in [0.2, 0.25) is 0 Å². The Morgan fingerprint density at radius 2 is 1.82 bits per heavy atom. The van der Waals surface area contributed by atoms with Gasteiger partial charge < -0.3 is 4.40 Å². The lowest BCUT2D eigenvalue weighted by atomic mass is 9.93. The van der Waals surface area contributed by atoms with Crippen molar-refractivity contribution in [1.82, 2.24) is 9.38 Å². The molecule has 0 unspecified atom stereocenters. The molecule has 0 aliphatic rings. The maximum absolute atomic E-state index is 4.78. The molecule has 86 valence electrons. The topological polar surface area (TPSA) is 17.3 Å². The van der Waals surface area contributed by atoms with Crippen molar-refractivity contribution in [3.05, 3.63) is 48.4 Å². The molecule has 0 saturated carbocycles. The molecule has 17 heavy (non-hydrogen) atoms. The van der Waals surface area contributed by atoms with Crippen LogP contribution in [-0.2, 0) is 5.41 Å². The zero-order valence-corrected chi connectivity index (χ0v) is 10.4. The van der Waals surface area contributed by atoms with Crippen LogP contribution < -0.4 is 0 Å². The van der Waals surface area contributed by atoms with E-state index in [1.807, 2.05) is 0 Å². The normalized spacial score (nSPS) is 12.4. The summed E-state index contributed by atoms with van der Waals surface area (Å²) in [5, 5.41) is 2.46. The van der Waals surface area contributed by atoms with E-state index >= 15 is 0 Å². The van der Waals surface area contributed by atoms with Crippen LogP contribution in [0.25, 0.3) is 16.4 Å². The maximum atomic E-state index is 4.78. The van der Waals surface area contributed by atoms with Crippen LogP contribution in [0.5, 0.6) is 0 Å². The number of fused-ring (bicyclic) bond motifs is 3. The summed E-state index contributed by atoms with van der Waals surface area (Å²) >= 11 is 0. The molecule has 3 rings (SSSR count). The average Bonchev–Trinajstić information content (AvgIpc) is 2.72. The molecule has 0 aliphatic heterocycles. The first-order valence-corrected chi connectivity index (χ1v) is 5.93. The summed E-state index contributed by atoms with van der Waals surface area (Å²) in [6.45, 7) is 6.57. The van der Waals surface area contributed by atoms with Gasteiger partial charge in [-0.2, -0.15) is 0 Å². The Labute approximate surface area is 101 Å². The van der Waals surface area contributed by atoms with Crippen molar-refractivity contribution in [3.8, 4) is 0 Å². The second-order valence-electron chi connectivity index (χ2n) is 5.51. The molecule has 0 atom stereocenters. The van der Waals surface area contributed by atoms with Crippen LogP contribution in [0.2, 0.25) is 0 Å². The number of hydrogen-bond acceptors (Lipinski definition) is 1. The van der Waals surface area contributed by atoms with Gasteiger partial charge >= 0.3 is 0 Å². The van der Waals surface area contributed by atoms with E-state index in [0.29, 0.717) is 0 Å². The van der Waals surface area contributed by atoms with Crippen LogP contribution in [0, 0.1) is 0 Å².